The smallest absolute Gasteiger partial charge is 0.228 e. The van der Waals surface area contributed by atoms with Crippen molar-refractivity contribution in [2.45, 2.75) is 19.9 Å². The fraction of sp³-hybridized carbons (Fsp3) is 0.533. The lowest BCUT2D eigenvalue weighted by Crippen LogP contribution is -2.46. The normalized spacial score (nSPS) is 16.0. The van der Waals surface area contributed by atoms with Crippen LogP contribution in [0.25, 0.3) is 0 Å². The van der Waals surface area contributed by atoms with Gasteiger partial charge in [-0.05, 0) is 6.42 Å². The largest absolute Gasteiger partial charge is 0.481 e. The zero-order valence-corrected chi connectivity index (χ0v) is 13.8. The highest BCUT2D eigenvalue weighted by molar-refractivity contribution is 7.09. The monoisotopic (exact) mass is 319 g/mol. The Balaban J connectivity index is 1.55. The van der Waals surface area contributed by atoms with Crippen LogP contribution >= 0.6 is 11.3 Å². The lowest BCUT2D eigenvalue weighted by molar-refractivity contribution is 0.246. The zero-order chi connectivity index (χ0) is 15.4. The fourth-order valence-electron chi connectivity index (χ4n) is 2.52. The van der Waals surface area contributed by atoms with Gasteiger partial charge in [0.25, 0.3) is 0 Å². The molecule has 3 heterocycles. The van der Waals surface area contributed by atoms with E-state index in [1.807, 2.05) is 0 Å². The van der Waals surface area contributed by atoms with Gasteiger partial charge in [-0.25, -0.2) is 9.97 Å². The van der Waals surface area contributed by atoms with Crippen LogP contribution in [-0.4, -0.2) is 53.1 Å². The fourth-order valence-corrected chi connectivity index (χ4v) is 3.25. The summed E-state index contributed by atoms with van der Waals surface area (Å²) in [6.07, 6.45) is 2.76. The van der Waals surface area contributed by atoms with Crippen LogP contribution in [-0.2, 0) is 13.0 Å². The van der Waals surface area contributed by atoms with Gasteiger partial charge < -0.3 is 9.64 Å². The van der Waals surface area contributed by atoms with Crippen molar-refractivity contribution < 1.29 is 4.74 Å². The van der Waals surface area contributed by atoms with Crippen LogP contribution < -0.4 is 9.64 Å². The van der Waals surface area contributed by atoms with Crippen molar-refractivity contribution >= 4 is 17.3 Å². The van der Waals surface area contributed by atoms with Gasteiger partial charge in [-0.1, -0.05) is 6.92 Å². The first-order valence-electron chi connectivity index (χ1n) is 7.56. The van der Waals surface area contributed by atoms with Gasteiger partial charge in [-0.15, -0.1) is 11.3 Å². The molecule has 2 aromatic heterocycles. The number of rotatable bonds is 5. The summed E-state index contributed by atoms with van der Waals surface area (Å²) in [5.41, 5.74) is 1.19. The van der Waals surface area contributed by atoms with Gasteiger partial charge in [0.1, 0.15) is 0 Å². The summed E-state index contributed by atoms with van der Waals surface area (Å²) in [7, 11) is 1.63. The van der Waals surface area contributed by atoms with Crippen molar-refractivity contribution in [2.75, 3.05) is 38.2 Å². The highest BCUT2D eigenvalue weighted by Crippen LogP contribution is 2.17. The average molecular weight is 319 g/mol. The molecule has 0 spiro atoms. The predicted molar refractivity (Wildman–Crippen MR) is 87.6 cm³/mol. The molecule has 0 N–H and O–H groups in total. The quantitative estimate of drug-likeness (QED) is 0.838. The van der Waals surface area contributed by atoms with Gasteiger partial charge in [-0.2, -0.15) is 4.98 Å². The molecule has 0 unspecified atom stereocenters. The first kappa shape index (κ1) is 15.2. The molecular formula is C15H21N5OS. The number of nitrogens with zero attached hydrogens (tertiary/aromatic N) is 5. The Morgan fingerprint density at radius 3 is 2.73 bits per heavy atom. The van der Waals surface area contributed by atoms with Gasteiger partial charge in [0.2, 0.25) is 11.8 Å². The Kier molecular flexibility index (Phi) is 4.84. The number of hydrogen-bond donors (Lipinski definition) is 0. The van der Waals surface area contributed by atoms with Gasteiger partial charge in [-0.3, -0.25) is 4.90 Å². The lowest BCUT2D eigenvalue weighted by atomic mass is 10.3. The lowest BCUT2D eigenvalue weighted by Gasteiger charge is -2.34. The van der Waals surface area contributed by atoms with Gasteiger partial charge in [0.05, 0.1) is 17.8 Å². The zero-order valence-electron chi connectivity index (χ0n) is 13.0. The van der Waals surface area contributed by atoms with E-state index >= 15 is 0 Å². The second-order valence-corrected chi connectivity index (χ2v) is 6.19. The Morgan fingerprint density at radius 1 is 1.23 bits per heavy atom. The molecule has 1 saturated heterocycles. The minimum Gasteiger partial charge on any atom is -0.481 e. The maximum atomic E-state index is 5.16. The SMILES string of the molecule is CCc1nc(CN2CCN(c3nccc(OC)n3)CC2)cs1. The Morgan fingerprint density at radius 2 is 2.05 bits per heavy atom. The van der Waals surface area contributed by atoms with E-state index in [9.17, 15) is 0 Å². The van der Waals surface area contributed by atoms with Crippen molar-refractivity contribution in [1.82, 2.24) is 19.9 Å². The Labute approximate surface area is 134 Å². The first-order chi connectivity index (χ1) is 10.8. The highest BCUT2D eigenvalue weighted by atomic mass is 32.1. The third-order valence-electron chi connectivity index (χ3n) is 3.77. The highest BCUT2D eigenvalue weighted by Gasteiger charge is 2.20. The van der Waals surface area contributed by atoms with E-state index in [2.05, 4.69) is 37.1 Å². The number of methoxy groups -OCH3 is 1. The van der Waals surface area contributed by atoms with Crippen molar-refractivity contribution in [3.63, 3.8) is 0 Å². The summed E-state index contributed by atoms with van der Waals surface area (Å²) in [6.45, 7) is 6.94. The Hall–Kier alpha value is -1.73. The number of piperazine rings is 1. The van der Waals surface area contributed by atoms with Crippen LogP contribution in [0, 0.1) is 0 Å². The molecule has 0 aliphatic carbocycles. The topological polar surface area (TPSA) is 54.4 Å². The van der Waals surface area contributed by atoms with Crippen molar-refractivity contribution in [1.29, 1.82) is 0 Å². The van der Waals surface area contributed by atoms with Crippen LogP contribution in [0.15, 0.2) is 17.6 Å². The molecular weight excluding hydrogens is 298 g/mol. The molecule has 7 heteroatoms. The molecule has 0 saturated carbocycles. The summed E-state index contributed by atoms with van der Waals surface area (Å²) in [5, 5.41) is 3.40. The number of anilines is 1. The van der Waals surface area contributed by atoms with Crippen molar-refractivity contribution in [2.24, 2.45) is 0 Å². The molecule has 0 amide bonds. The molecule has 0 bridgehead atoms. The summed E-state index contributed by atoms with van der Waals surface area (Å²) >= 11 is 1.76. The van der Waals surface area contributed by atoms with Gasteiger partial charge >= 0.3 is 0 Å². The summed E-state index contributed by atoms with van der Waals surface area (Å²) in [6, 6.07) is 1.77. The molecule has 0 radical (unpaired) electrons. The number of aryl methyl sites for hydroxylation is 1. The second kappa shape index (κ2) is 7.02. The van der Waals surface area contributed by atoms with Crippen LogP contribution in [0.5, 0.6) is 5.88 Å². The molecule has 1 fully saturated rings. The maximum absolute atomic E-state index is 5.16. The van der Waals surface area contributed by atoms with Gasteiger partial charge in [0, 0.05) is 50.4 Å². The van der Waals surface area contributed by atoms with E-state index in [1.165, 1.54) is 10.7 Å². The van der Waals surface area contributed by atoms with E-state index in [0.29, 0.717) is 5.88 Å². The van der Waals surface area contributed by atoms with Crippen LogP contribution in [0.3, 0.4) is 0 Å². The van der Waals surface area contributed by atoms with E-state index < -0.39 is 0 Å². The number of ether oxygens (including phenoxy) is 1. The van der Waals surface area contributed by atoms with E-state index in [-0.39, 0.29) is 0 Å². The van der Waals surface area contributed by atoms with Crippen LogP contribution in [0.1, 0.15) is 17.6 Å². The summed E-state index contributed by atoms with van der Waals surface area (Å²) in [5.74, 6) is 1.36. The molecule has 0 aromatic carbocycles. The van der Waals surface area contributed by atoms with E-state index in [1.54, 1.807) is 30.7 Å². The third-order valence-corrected chi connectivity index (χ3v) is 4.81. The molecule has 6 nitrogen and oxygen atoms in total. The van der Waals surface area contributed by atoms with Gasteiger partial charge in [0.15, 0.2) is 0 Å². The van der Waals surface area contributed by atoms with Crippen molar-refractivity contribution in [3.8, 4) is 5.88 Å². The minimum absolute atomic E-state index is 0.613. The maximum Gasteiger partial charge on any atom is 0.228 e. The van der Waals surface area contributed by atoms with E-state index in [0.717, 1.165) is 45.1 Å². The van der Waals surface area contributed by atoms with E-state index in [4.69, 9.17) is 4.74 Å². The summed E-state index contributed by atoms with van der Waals surface area (Å²) < 4.78 is 5.16. The first-order valence-corrected chi connectivity index (χ1v) is 8.44. The standard InChI is InChI=1S/C15H21N5OS/c1-3-14-17-12(11-22-14)10-19-6-8-20(9-7-19)15-16-5-4-13(18-15)21-2/h4-5,11H,3,6-10H2,1-2H3. The molecule has 3 rings (SSSR count). The number of thiazole rings is 1. The summed E-state index contributed by atoms with van der Waals surface area (Å²) in [4.78, 5) is 18.0. The van der Waals surface area contributed by atoms with Crippen LogP contribution in [0.2, 0.25) is 0 Å². The average Bonchev–Trinajstić information content (AvgIpc) is 3.03. The molecule has 1 aliphatic heterocycles. The number of hydrogen-bond acceptors (Lipinski definition) is 7. The van der Waals surface area contributed by atoms with Crippen LogP contribution in [0.4, 0.5) is 5.95 Å². The molecule has 22 heavy (non-hydrogen) atoms. The third kappa shape index (κ3) is 3.53. The number of aromatic nitrogens is 3. The minimum atomic E-state index is 0.613. The van der Waals surface area contributed by atoms with Crippen molar-refractivity contribution in [3.05, 3.63) is 28.3 Å². The predicted octanol–water partition coefficient (Wildman–Crippen LogP) is 1.83. The molecule has 118 valence electrons. The Bertz CT molecular complexity index is 609. The molecule has 1 aliphatic rings. The molecule has 0 atom stereocenters. The molecule has 2 aromatic rings. The second-order valence-electron chi connectivity index (χ2n) is 5.25.